The van der Waals surface area contributed by atoms with Crippen molar-refractivity contribution < 1.29 is 23.1 Å². The molecule has 3 rings (SSSR count). The van der Waals surface area contributed by atoms with Crippen molar-refractivity contribution in [2.24, 2.45) is 5.92 Å². The molecule has 6 nitrogen and oxygen atoms in total. The van der Waals surface area contributed by atoms with Gasteiger partial charge in [0.1, 0.15) is 11.8 Å². The Bertz CT molecular complexity index is 954. The zero-order valence-electron chi connectivity index (χ0n) is 16.3. The zero-order valence-corrected chi connectivity index (χ0v) is 17.1. The van der Waals surface area contributed by atoms with Crippen LogP contribution in [-0.4, -0.2) is 43.5 Å². The predicted molar refractivity (Wildman–Crippen MR) is 111 cm³/mol. The molecule has 1 aliphatic heterocycles. The zero-order chi connectivity index (χ0) is 20.9. The fraction of sp³-hybridized carbons (Fsp3) is 0.318. The van der Waals surface area contributed by atoms with E-state index < -0.39 is 28.0 Å². The Morgan fingerprint density at radius 2 is 1.79 bits per heavy atom. The molecule has 1 fully saturated rings. The summed E-state index contributed by atoms with van der Waals surface area (Å²) in [5, 5.41) is 9.93. The van der Waals surface area contributed by atoms with Gasteiger partial charge in [0.2, 0.25) is 10.0 Å². The second-order valence-corrected chi connectivity index (χ2v) is 8.89. The molecule has 0 amide bonds. The normalized spacial score (nSPS) is 21.0. The van der Waals surface area contributed by atoms with Gasteiger partial charge >= 0.3 is 5.97 Å². The van der Waals surface area contributed by atoms with E-state index in [1.165, 1.54) is 19.2 Å². The van der Waals surface area contributed by atoms with E-state index in [1.54, 1.807) is 12.1 Å². The van der Waals surface area contributed by atoms with Crippen molar-refractivity contribution in [3.8, 4) is 5.75 Å². The third kappa shape index (κ3) is 4.86. The molecule has 1 saturated heterocycles. The summed E-state index contributed by atoms with van der Waals surface area (Å²) < 4.78 is 32.8. The topological polar surface area (TPSA) is 83.9 Å². The highest BCUT2D eigenvalue weighted by atomic mass is 32.2. The van der Waals surface area contributed by atoms with E-state index in [4.69, 9.17) is 4.74 Å². The van der Waals surface area contributed by atoms with E-state index in [0.29, 0.717) is 18.6 Å². The SMILES string of the molecule is COc1ccc(S(=O)(=O)N2CCCCC(/C=C/c3ccccc3)C2C(=O)O)cc1. The van der Waals surface area contributed by atoms with Gasteiger partial charge in [0.25, 0.3) is 0 Å². The maximum Gasteiger partial charge on any atom is 0.322 e. The van der Waals surface area contributed by atoms with E-state index in [9.17, 15) is 18.3 Å². The smallest absolute Gasteiger partial charge is 0.322 e. The second-order valence-electron chi connectivity index (χ2n) is 7.00. The van der Waals surface area contributed by atoms with Crippen LogP contribution in [-0.2, 0) is 14.8 Å². The summed E-state index contributed by atoms with van der Waals surface area (Å²) in [6.45, 7) is 0.182. The molecule has 0 aromatic heterocycles. The molecule has 29 heavy (non-hydrogen) atoms. The molecule has 0 saturated carbocycles. The first-order valence-electron chi connectivity index (χ1n) is 9.55. The summed E-state index contributed by atoms with van der Waals surface area (Å²) in [5.74, 6) is -1.01. The van der Waals surface area contributed by atoms with Crippen LogP contribution in [0.3, 0.4) is 0 Å². The van der Waals surface area contributed by atoms with Crippen LogP contribution in [0.4, 0.5) is 0 Å². The summed E-state index contributed by atoms with van der Waals surface area (Å²) in [7, 11) is -2.45. The minimum atomic E-state index is -3.96. The summed E-state index contributed by atoms with van der Waals surface area (Å²) in [6, 6.07) is 14.4. The van der Waals surface area contributed by atoms with Crippen LogP contribution in [0.2, 0.25) is 0 Å². The molecular formula is C22H25NO5S. The fourth-order valence-corrected chi connectivity index (χ4v) is 5.28. The van der Waals surface area contributed by atoms with Gasteiger partial charge in [-0.1, -0.05) is 48.9 Å². The van der Waals surface area contributed by atoms with Crippen molar-refractivity contribution in [2.45, 2.75) is 30.2 Å². The van der Waals surface area contributed by atoms with E-state index in [2.05, 4.69) is 0 Å². The number of ether oxygens (including phenoxy) is 1. The summed E-state index contributed by atoms with van der Waals surface area (Å²) in [4.78, 5) is 12.2. The Labute approximate surface area is 171 Å². The van der Waals surface area contributed by atoms with Crippen molar-refractivity contribution in [2.75, 3.05) is 13.7 Å². The molecule has 0 radical (unpaired) electrons. The Morgan fingerprint density at radius 3 is 2.41 bits per heavy atom. The van der Waals surface area contributed by atoms with Crippen molar-refractivity contribution in [3.63, 3.8) is 0 Å². The van der Waals surface area contributed by atoms with Crippen LogP contribution in [0.5, 0.6) is 5.75 Å². The van der Waals surface area contributed by atoms with Crippen molar-refractivity contribution in [3.05, 3.63) is 66.2 Å². The number of nitrogens with zero attached hydrogens (tertiary/aromatic N) is 1. The predicted octanol–water partition coefficient (Wildman–Crippen LogP) is 3.65. The molecule has 2 atom stereocenters. The molecule has 154 valence electrons. The first kappa shape index (κ1) is 21.1. The summed E-state index contributed by atoms with van der Waals surface area (Å²) in [6.07, 6.45) is 5.70. The number of hydrogen-bond acceptors (Lipinski definition) is 4. The molecule has 7 heteroatoms. The molecular weight excluding hydrogens is 390 g/mol. The average Bonchev–Trinajstić information content (AvgIpc) is 2.96. The van der Waals surface area contributed by atoms with Gasteiger partial charge in [0.15, 0.2) is 0 Å². The maximum atomic E-state index is 13.3. The first-order valence-corrected chi connectivity index (χ1v) is 11.0. The van der Waals surface area contributed by atoms with E-state index in [0.717, 1.165) is 16.3 Å². The molecule has 0 spiro atoms. The summed E-state index contributed by atoms with van der Waals surface area (Å²) >= 11 is 0. The lowest BCUT2D eigenvalue weighted by molar-refractivity contribution is -0.142. The van der Waals surface area contributed by atoms with Crippen LogP contribution >= 0.6 is 0 Å². The number of methoxy groups -OCH3 is 1. The van der Waals surface area contributed by atoms with Crippen LogP contribution < -0.4 is 4.74 Å². The molecule has 2 aromatic carbocycles. The number of carboxylic acids is 1. The van der Waals surface area contributed by atoms with Crippen molar-refractivity contribution >= 4 is 22.1 Å². The highest BCUT2D eigenvalue weighted by molar-refractivity contribution is 7.89. The number of carboxylic acid groups (broad SMARTS) is 1. The second kappa shape index (κ2) is 9.24. The maximum absolute atomic E-state index is 13.3. The van der Waals surface area contributed by atoms with Gasteiger partial charge in [-0.2, -0.15) is 4.31 Å². The van der Waals surface area contributed by atoms with E-state index in [1.807, 2.05) is 42.5 Å². The molecule has 1 heterocycles. The minimum Gasteiger partial charge on any atom is -0.497 e. The van der Waals surface area contributed by atoms with Gasteiger partial charge in [0, 0.05) is 12.5 Å². The number of sulfonamides is 1. The molecule has 1 aliphatic rings. The van der Waals surface area contributed by atoms with Gasteiger partial charge in [-0.25, -0.2) is 8.42 Å². The first-order chi connectivity index (χ1) is 13.9. The highest BCUT2D eigenvalue weighted by Gasteiger charge is 2.41. The lowest BCUT2D eigenvalue weighted by Gasteiger charge is -2.30. The molecule has 2 aromatic rings. The quantitative estimate of drug-likeness (QED) is 0.779. The average molecular weight is 416 g/mol. The van der Waals surface area contributed by atoms with Gasteiger partial charge in [-0.15, -0.1) is 0 Å². The van der Waals surface area contributed by atoms with E-state index in [-0.39, 0.29) is 11.4 Å². The largest absolute Gasteiger partial charge is 0.497 e. The number of carbonyl (C=O) groups is 1. The highest BCUT2D eigenvalue weighted by Crippen LogP contribution is 2.31. The Hall–Kier alpha value is -2.64. The summed E-state index contributed by atoms with van der Waals surface area (Å²) in [5.41, 5.74) is 0.949. The number of benzene rings is 2. The van der Waals surface area contributed by atoms with Crippen LogP contribution in [0.25, 0.3) is 6.08 Å². The van der Waals surface area contributed by atoms with Gasteiger partial charge in [-0.3, -0.25) is 4.79 Å². The third-order valence-corrected chi connectivity index (χ3v) is 7.03. The van der Waals surface area contributed by atoms with Crippen molar-refractivity contribution in [1.29, 1.82) is 0 Å². The monoisotopic (exact) mass is 415 g/mol. The number of rotatable bonds is 6. The molecule has 2 unspecified atom stereocenters. The Morgan fingerprint density at radius 1 is 1.10 bits per heavy atom. The third-order valence-electron chi connectivity index (χ3n) is 5.14. The molecule has 0 aliphatic carbocycles. The standard InChI is InChI=1S/C22H25NO5S/c1-28-19-12-14-20(15-13-19)29(26,27)23-16-6-5-9-18(21(23)22(24)25)11-10-17-7-3-2-4-8-17/h2-4,7-8,10-15,18,21H,5-6,9,16H2,1H3,(H,24,25)/b11-10+. The number of hydrogen-bond donors (Lipinski definition) is 1. The Kier molecular flexibility index (Phi) is 6.71. The lowest BCUT2D eigenvalue weighted by atomic mass is 9.94. The Balaban J connectivity index is 1.95. The minimum absolute atomic E-state index is 0.0669. The molecule has 1 N–H and O–H groups in total. The van der Waals surface area contributed by atoms with Crippen molar-refractivity contribution in [1.82, 2.24) is 4.31 Å². The number of aliphatic carboxylic acids is 1. The van der Waals surface area contributed by atoms with Gasteiger partial charge in [0.05, 0.1) is 12.0 Å². The van der Waals surface area contributed by atoms with Crippen LogP contribution in [0.1, 0.15) is 24.8 Å². The lowest BCUT2D eigenvalue weighted by Crippen LogP contribution is -2.48. The fourth-order valence-electron chi connectivity index (χ4n) is 3.62. The van der Waals surface area contributed by atoms with Crippen LogP contribution in [0, 0.1) is 5.92 Å². The molecule has 0 bridgehead atoms. The van der Waals surface area contributed by atoms with E-state index >= 15 is 0 Å². The van der Waals surface area contributed by atoms with Crippen LogP contribution in [0.15, 0.2) is 65.6 Å². The van der Waals surface area contributed by atoms with Gasteiger partial charge < -0.3 is 9.84 Å². The van der Waals surface area contributed by atoms with Gasteiger partial charge in [-0.05, 0) is 42.7 Å².